The van der Waals surface area contributed by atoms with Crippen LogP contribution in [0, 0.1) is 17.3 Å². The Bertz CT molecular complexity index is 752. The number of para-hydroxylation sites is 1. The minimum absolute atomic E-state index is 0.205. The molecule has 130 valence electrons. The summed E-state index contributed by atoms with van der Waals surface area (Å²) in [6.07, 6.45) is 2.44. The average molecular weight is 325 g/mol. The summed E-state index contributed by atoms with van der Waals surface area (Å²) in [5.41, 5.74) is 4.98. The SMILES string of the molecule is CC1C2CN(CCc3c([nH]c4ccccc34)C(C)(C)C2)CC1(C)C. The molecule has 3 unspecified atom stereocenters. The summed E-state index contributed by atoms with van der Waals surface area (Å²) in [5, 5.41) is 1.44. The molecular formula is C22H32N2. The van der Waals surface area contributed by atoms with Crippen LogP contribution in [0.4, 0.5) is 0 Å². The number of H-pyrrole nitrogens is 1. The maximum Gasteiger partial charge on any atom is 0.0459 e. The Morgan fingerprint density at radius 2 is 1.88 bits per heavy atom. The van der Waals surface area contributed by atoms with Crippen LogP contribution in [0.3, 0.4) is 0 Å². The van der Waals surface area contributed by atoms with E-state index in [1.165, 1.54) is 49.1 Å². The normalized spacial score (nSPS) is 31.8. The van der Waals surface area contributed by atoms with Crippen LogP contribution in [0.2, 0.25) is 0 Å². The van der Waals surface area contributed by atoms with Gasteiger partial charge in [0.25, 0.3) is 0 Å². The molecule has 1 fully saturated rings. The van der Waals surface area contributed by atoms with Crippen LogP contribution in [0.1, 0.15) is 52.3 Å². The largest absolute Gasteiger partial charge is 0.358 e. The number of nitrogens with zero attached hydrogens (tertiary/aromatic N) is 1. The van der Waals surface area contributed by atoms with Gasteiger partial charge in [0, 0.05) is 41.6 Å². The maximum atomic E-state index is 3.80. The molecular weight excluding hydrogens is 292 g/mol. The molecule has 0 saturated carbocycles. The number of benzene rings is 1. The van der Waals surface area contributed by atoms with Gasteiger partial charge in [0.2, 0.25) is 0 Å². The van der Waals surface area contributed by atoms with Gasteiger partial charge in [0.05, 0.1) is 0 Å². The van der Waals surface area contributed by atoms with Crippen LogP contribution in [-0.4, -0.2) is 29.5 Å². The second kappa shape index (κ2) is 5.36. The Labute approximate surface area is 146 Å². The van der Waals surface area contributed by atoms with Crippen LogP contribution in [-0.2, 0) is 11.8 Å². The summed E-state index contributed by atoms with van der Waals surface area (Å²) in [6, 6.07) is 8.86. The molecule has 2 aromatic rings. The monoisotopic (exact) mass is 324 g/mol. The zero-order valence-electron chi connectivity index (χ0n) is 15.9. The fourth-order valence-electron chi connectivity index (χ4n) is 5.39. The van der Waals surface area contributed by atoms with E-state index < -0.39 is 0 Å². The van der Waals surface area contributed by atoms with Crippen molar-refractivity contribution < 1.29 is 0 Å². The lowest BCUT2D eigenvalue weighted by Gasteiger charge is -2.49. The number of aromatic amines is 1. The fraction of sp³-hybridized carbons (Fsp3) is 0.636. The van der Waals surface area contributed by atoms with Crippen LogP contribution >= 0.6 is 0 Å². The Balaban J connectivity index is 1.82. The van der Waals surface area contributed by atoms with E-state index in [4.69, 9.17) is 0 Å². The van der Waals surface area contributed by atoms with Crippen molar-refractivity contribution in [1.82, 2.24) is 9.88 Å². The summed E-state index contributed by atoms with van der Waals surface area (Å²) < 4.78 is 0. The van der Waals surface area contributed by atoms with Crippen molar-refractivity contribution in [2.45, 2.75) is 52.9 Å². The summed E-state index contributed by atoms with van der Waals surface area (Å²) in [5.74, 6) is 1.56. The second-order valence-electron chi connectivity index (χ2n) is 9.63. The molecule has 3 atom stereocenters. The summed E-state index contributed by atoms with van der Waals surface area (Å²) in [4.78, 5) is 6.53. The molecule has 0 spiro atoms. The third kappa shape index (κ3) is 2.50. The molecule has 2 heteroatoms. The topological polar surface area (TPSA) is 19.0 Å². The Hall–Kier alpha value is -1.28. The number of aromatic nitrogens is 1. The van der Waals surface area contributed by atoms with Gasteiger partial charge >= 0.3 is 0 Å². The van der Waals surface area contributed by atoms with Gasteiger partial charge in [-0.15, -0.1) is 0 Å². The highest BCUT2D eigenvalue weighted by molar-refractivity contribution is 5.85. The molecule has 1 aromatic heterocycles. The van der Waals surface area contributed by atoms with Gasteiger partial charge in [-0.05, 0) is 41.7 Å². The van der Waals surface area contributed by atoms with Crippen molar-refractivity contribution in [3.8, 4) is 0 Å². The van der Waals surface area contributed by atoms with Crippen LogP contribution in [0.15, 0.2) is 24.3 Å². The van der Waals surface area contributed by atoms with E-state index in [0.29, 0.717) is 5.41 Å². The lowest BCUT2D eigenvalue weighted by molar-refractivity contribution is 0.00610. The Morgan fingerprint density at radius 3 is 2.67 bits per heavy atom. The fourth-order valence-corrected chi connectivity index (χ4v) is 5.39. The predicted octanol–water partition coefficient (Wildman–Crippen LogP) is 4.99. The third-order valence-corrected chi connectivity index (χ3v) is 7.00. The maximum absolute atomic E-state index is 3.80. The molecule has 3 heterocycles. The Kier molecular flexibility index (Phi) is 3.62. The first-order valence-corrected chi connectivity index (χ1v) is 9.60. The predicted molar refractivity (Wildman–Crippen MR) is 103 cm³/mol. The molecule has 4 rings (SSSR count). The number of hydrogen-bond donors (Lipinski definition) is 1. The minimum Gasteiger partial charge on any atom is -0.358 e. The first kappa shape index (κ1) is 16.2. The second-order valence-corrected chi connectivity index (χ2v) is 9.63. The van der Waals surface area contributed by atoms with Crippen molar-refractivity contribution in [2.75, 3.05) is 19.6 Å². The molecule has 2 bridgehead atoms. The van der Waals surface area contributed by atoms with Gasteiger partial charge in [0.15, 0.2) is 0 Å². The molecule has 1 saturated heterocycles. The molecule has 1 aromatic carbocycles. The van der Waals surface area contributed by atoms with E-state index in [0.717, 1.165) is 11.8 Å². The molecule has 2 aliphatic rings. The smallest absolute Gasteiger partial charge is 0.0459 e. The molecule has 0 amide bonds. The van der Waals surface area contributed by atoms with Gasteiger partial charge in [-0.2, -0.15) is 0 Å². The third-order valence-electron chi connectivity index (χ3n) is 7.00. The number of nitrogens with one attached hydrogen (secondary N) is 1. The highest BCUT2D eigenvalue weighted by Gasteiger charge is 2.43. The minimum atomic E-state index is 0.205. The quantitative estimate of drug-likeness (QED) is 0.723. The molecule has 0 aliphatic carbocycles. The lowest BCUT2D eigenvalue weighted by Crippen LogP contribution is -2.51. The van der Waals surface area contributed by atoms with Crippen molar-refractivity contribution >= 4 is 10.9 Å². The van der Waals surface area contributed by atoms with E-state index in [-0.39, 0.29) is 5.41 Å². The number of fused-ring (bicyclic) bond motifs is 5. The molecule has 1 N–H and O–H groups in total. The molecule has 2 nitrogen and oxygen atoms in total. The highest BCUT2D eigenvalue weighted by atomic mass is 15.1. The Morgan fingerprint density at radius 1 is 1.12 bits per heavy atom. The van der Waals surface area contributed by atoms with Gasteiger partial charge in [-0.3, -0.25) is 0 Å². The van der Waals surface area contributed by atoms with E-state index in [9.17, 15) is 0 Å². The van der Waals surface area contributed by atoms with Gasteiger partial charge in [-0.25, -0.2) is 0 Å². The molecule has 2 aliphatic heterocycles. The van der Waals surface area contributed by atoms with E-state index >= 15 is 0 Å². The van der Waals surface area contributed by atoms with Crippen molar-refractivity contribution in [2.24, 2.45) is 17.3 Å². The van der Waals surface area contributed by atoms with Crippen LogP contribution in [0.5, 0.6) is 0 Å². The van der Waals surface area contributed by atoms with Crippen molar-refractivity contribution in [3.05, 3.63) is 35.5 Å². The highest BCUT2D eigenvalue weighted by Crippen LogP contribution is 2.45. The van der Waals surface area contributed by atoms with Crippen molar-refractivity contribution in [1.29, 1.82) is 0 Å². The van der Waals surface area contributed by atoms with Gasteiger partial charge < -0.3 is 9.88 Å². The van der Waals surface area contributed by atoms with Gasteiger partial charge in [-0.1, -0.05) is 52.8 Å². The number of rotatable bonds is 0. The average Bonchev–Trinajstić information content (AvgIpc) is 2.89. The van der Waals surface area contributed by atoms with E-state index in [1.54, 1.807) is 5.56 Å². The first-order valence-electron chi connectivity index (χ1n) is 9.60. The standard InChI is InChI=1S/C22H32N2/c1-15-16-12-21(2,3)20-18(17-8-6-7-9-19(17)23-20)10-11-24(13-16)14-22(15,4)5/h6-9,15-16,23H,10-14H2,1-5H3. The zero-order valence-corrected chi connectivity index (χ0v) is 15.9. The summed E-state index contributed by atoms with van der Waals surface area (Å²) >= 11 is 0. The number of hydrogen-bond acceptors (Lipinski definition) is 1. The zero-order chi connectivity index (χ0) is 17.1. The molecule has 24 heavy (non-hydrogen) atoms. The lowest BCUT2D eigenvalue weighted by atomic mass is 9.65. The number of piperidine rings is 1. The van der Waals surface area contributed by atoms with Crippen molar-refractivity contribution in [3.63, 3.8) is 0 Å². The summed E-state index contributed by atoms with van der Waals surface area (Å²) in [7, 11) is 0. The molecule has 0 radical (unpaired) electrons. The van der Waals surface area contributed by atoms with E-state index in [1.807, 2.05) is 0 Å². The van der Waals surface area contributed by atoms with Crippen LogP contribution < -0.4 is 0 Å². The summed E-state index contributed by atoms with van der Waals surface area (Å²) in [6.45, 7) is 16.0. The van der Waals surface area contributed by atoms with Gasteiger partial charge in [0.1, 0.15) is 0 Å². The van der Waals surface area contributed by atoms with Crippen LogP contribution in [0.25, 0.3) is 10.9 Å². The first-order chi connectivity index (χ1) is 11.3. The van der Waals surface area contributed by atoms with E-state index in [2.05, 4.69) is 68.8 Å².